The molecule has 2 fully saturated rings. The molecule has 2 aliphatic rings. The third-order valence-corrected chi connectivity index (χ3v) is 6.10. The van der Waals surface area contributed by atoms with Crippen LogP contribution in [-0.4, -0.2) is 38.1 Å². The lowest BCUT2D eigenvalue weighted by atomic mass is 9.70. The number of hydrogen-bond donors (Lipinski definition) is 1. The molecule has 1 aliphatic heterocycles. The van der Waals surface area contributed by atoms with E-state index in [0.717, 1.165) is 17.8 Å². The standard InChI is InChI=1S/C19H38N2/c1-19(2,3)18-7-5-17(6-8-18)15-21-13-10-16(11-14-21)9-12-20-4/h16-18,20H,5-15H2,1-4H3. The number of likely N-dealkylation sites (tertiary alicyclic amines) is 1. The van der Waals surface area contributed by atoms with Crippen LogP contribution in [0.15, 0.2) is 0 Å². The molecule has 2 heteroatoms. The Morgan fingerprint density at radius 3 is 2.05 bits per heavy atom. The predicted octanol–water partition coefficient (Wildman–Crippen LogP) is 4.16. The molecule has 2 nitrogen and oxygen atoms in total. The van der Waals surface area contributed by atoms with Gasteiger partial charge in [0.2, 0.25) is 0 Å². The Balaban J connectivity index is 1.64. The fourth-order valence-corrected chi connectivity index (χ4v) is 4.38. The minimum Gasteiger partial charge on any atom is -0.320 e. The van der Waals surface area contributed by atoms with Crippen LogP contribution in [0.3, 0.4) is 0 Å². The minimum atomic E-state index is 0.524. The zero-order chi connectivity index (χ0) is 15.3. The summed E-state index contributed by atoms with van der Waals surface area (Å²) in [5, 5.41) is 3.29. The molecule has 0 radical (unpaired) electrons. The van der Waals surface area contributed by atoms with Crippen molar-refractivity contribution in [1.82, 2.24) is 10.2 Å². The number of rotatable bonds is 5. The van der Waals surface area contributed by atoms with Crippen LogP contribution in [0.4, 0.5) is 0 Å². The van der Waals surface area contributed by atoms with Crippen LogP contribution in [0, 0.1) is 23.2 Å². The van der Waals surface area contributed by atoms with Crippen molar-refractivity contribution in [3.8, 4) is 0 Å². The summed E-state index contributed by atoms with van der Waals surface area (Å²) in [5.41, 5.74) is 0.524. The fraction of sp³-hybridized carbons (Fsp3) is 1.00. The lowest BCUT2D eigenvalue weighted by Gasteiger charge is -2.40. The van der Waals surface area contributed by atoms with Gasteiger partial charge < -0.3 is 10.2 Å². The summed E-state index contributed by atoms with van der Waals surface area (Å²) in [7, 11) is 2.07. The molecule has 0 atom stereocenters. The molecule has 0 unspecified atom stereocenters. The van der Waals surface area contributed by atoms with E-state index in [4.69, 9.17) is 0 Å². The number of hydrogen-bond acceptors (Lipinski definition) is 2. The Hall–Kier alpha value is -0.0800. The van der Waals surface area contributed by atoms with Crippen LogP contribution in [0.1, 0.15) is 65.7 Å². The first-order valence-electron chi connectivity index (χ1n) is 9.36. The first kappa shape index (κ1) is 17.3. The molecule has 2 rings (SSSR count). The summed E-state index contributed by atoms with van der Waals surface area (Å²) in [6.07, 6.45) is 10.1. The van der Waals surface area contributed by atoms with Crippen LogP contribution >= 0.6 is 0 Å². The van der Waals surface area contributed by atoms with Crippen LogP contribution in [0.2, 0.25) is 0 Å². The largest absolute Gasteiger partial charge is 0.320 e. The molecule has 0 aromatic carbocycles. The molecule has 21 heavy (non-hydrogen) atoms. The lowest BCUT2D eigenvalue weighted by molar-refractivity contribution is 0.106. The van der Waals surface area contributed by atoms with Crippen LogP contribution in [0.5, 0.6) is 0 Å². The van der Waals surface area contributed by atoms with Crippen molar-refractivity contribution >= 4 is 0 Å². The van der Waals surface area contributed by atoms with E-state index in [-0.39, 0.29) is 0 Å². The second kappa shape index (κ2) is 7.97. The SMILES string of the molecule is CNCCC1CCN(CC2CCC(C(C)(C)C)CC2)CC1. The Kier molecular flexibility index (Phi) is 6.55. The highest BCUT2D eigenvalue weighted by atomic mass is 15.1. The van der Waals surface area contributed by atoms with Crippen molar-refractivity contribution in [2.45, 2.75) is 65.7 Å². The smallest absolute Gasteiger partial charge is 0.000966 e. The van der Waals surface area contributed by atoms with Crippen molar-refractivity contribution in [3.63, 3.8) is 0 Å². The highest BCUT2D eigenvalue weighted by Crippen LogP contribution is 2.40. The summed E-state index contributed by atoms with van der Waals surface area (Å²) < 4.78 is 0. The third kappa shape index (κ3) is 5.56. The first-order chi connectivity index (χ1) is 9.99. The van der Waals surface area contributed by atoms with E-state index in [0.29, 0.717) is 5.41 Å². The van der Waals surface area contributed by atoms with Crippen molar-refractivity contribution in [2.75, 3.05) is 33.2 Å². The van der Waals surface area contributed by atoms with Gasteiger partial charge in [-0.2, -0.15) is 0 Å². The molecule has 1 saturated carbocycles. The summed E-state index contributed by atoms with van der Waals surface area (Å²) in [6.45, 7) is 12.6. The molecule has 0 bridgehead atoms. The van der Waals surface area contributed by atoms with Gasteiger partial charge in [0.25, 0.3) is 0 Å². The van der Waals surface area contributed by atoms with Crippen molar-refractivity contribution in [1.29, 1.82) is 0 Å². The Morgan fingerprint density at radius 2 is 1.52 bits per heavy atom. The van der Waals surface area contributed by atoms with Gasteiger partial charge in [0, 0.05) is 6.54 Å². The fourth-order valence-electron chi connectivity index (χ4n) is 4.38. The topological polar surface area (TPSA) is 15.3 Å². The maximum absolute atomic E-state index is 3.29. The molecule has 0 spiro atoms. The van der Waals surface area contributed by atoms with E-state index in [1.807, 2.05) is 0 Å². The summed E-state index contributed by atoms with van der Waals surface area (Å²) in [4.78, 5) is 2.76. The zero-order valence-corrected chi connectivity index (χ0v) is 15.0. The molecule has 0 amide bonds. The lowest BCUT2D eigenvalue weighted by Crippen LogP contribution is -2.39. The highest BCUT2D eigenvalue weighted by molar-refractivity contribution is 4.83. The van der Waals surface area contributed by atoms with E-state index >= 15 is 0 Å². The van der Waals surface area contributed by atoms with Gasteiger partial charge >= 0.3 is 0 Å². The second-order valence-corrected chi connectivity index (χ2v) is 8.72. The number of piperidine rings is 1. The molecular weight excluding hydrogens is 256 g/mol. The second-order valence-electron chi connectivity index (χ2n) is 8.72. The highest BCUT2D eigenvalue weighted by Gasteiger charge is 2.30. The molecule has 1 saturated heterocycles. The number of nitrogens with zero attached hydrogens (tertiary/aromatic N) is 1. The van der Waals surface area contributed by atoms with Crippen molar-refractivity contribution in [3.05, 3.63) is 0 Å². The van der Waals surface area contributed by atoms with Crippen molar-refractivity contribution in [2.24, 2.45) is 23.2 Å². The van der Waals surface area contributed by atoms with Gasteiger partial charge in [0.05, 0.1) is 0 Å². The van der Waals surface area contributed by atoms with Gasteiger partial charge in [-0.25, -0.2) is 0 Å². The maximum atomic E-state index is 3.29. The maximum Gasteiger partial charge on any atom is 0.000966 e. The zero-order valence-electron chi connectivity index (χ0n) is 15.0. The molecule has 124 valence electrons. The van der Waals surface area contributed by atoms with Gasteiger partial charge in [0.15, 0.2) is 0 Å². The normalized spacial score (nSPS) is 29.7. The Labute approximate surface area is 133 Å². The van der Waals surface area contributed by atoms with Gasteiger partial charge in [0.1, 0.15) is 0 Å². The Bertz CT molecular complexity index is 278. The van der Waals surface area contributed by atoms with E-state index in [1.165, 1.54) is 71.1 Å². The number of nitrogens with one attached hydrogen (secondary N) is 1. The average Bonchev–Trinajstić information content (AvgIpc) is 2.46. The summed E-state index contributed by atoms with van der Waals surface area (Å²) in [5.74, 6) is 2.92. The molecule has 0 aromatic heterocycles. The van der Waals surface area contributed by atoms with Gasteiger partial charge in [-0.3, -0.25) is 0 Å². The first-order valence-corrected chi connectivity index (χ1v) is 9.36. The van der Waals surface area contributed by atoms with E-state index in [1.54, 1.807) is 0 Å². The van der Waals surface area contributed by atoms with Gasteiger partial charge in [-0.1, -0.05) is 20.8 Å². The quantitative estimate of drug-likeness (QED) is 0.819. The molecule has 1 aliphatic carbocycles. The third-order valence-electron chi connectivity index (χ3n) is 6.10. The van der Waals surface area contributed by atoms with Gasteiger partial charge in [-0.05, 0) is 94.8 Å². The summed E-state index contributed by atoms with van der Waals surface area (Å²) in [6, 6.07) is 0. The molecule has 1 N–H and O–H groups in total. The molecule has 1 heterocycles. The predicted molar refractivity (Wildman–Crippen MR) is 92.6 cm³/mol. The summed E-state index contributed by atoms with van der Waals surface area (Å²) >= 11 is 0. The Morgan fingerprint density at radius 1 is 0.905 bits per heavy atom. The average molecular weight is 295 g/mol. The molecular formula is C19H38N2. The van der Waals surface area contributed by atoms with Crippen LogP contribution in [-0.2, 0) is 0 Å². The van der Waals surface area contributed by atoms with Crippen molar-refractivity contribution < 1.29 is 0 Å². The monoisotopic (exact) mass is 294 g/mol. The van der Waals surface area contributed by atoms with Crippen LogP contribution in [0.25, 0.3) is 0 Å². The van der Waals surface area contributed by atoms with Crippen LogP contribution < -0.4 is 5.32 Å². The van der Waals surface area contributed by atoms with E-state index < -0.39 is 0 Å². The van der Waals surface area contributed by atoms with E-state index in [9.17, 15) is 0 Å². The molecule has 0 aromatic rings. The minimum absolute atomic E-state index is 0.524. The van der Waals surface area contributed by atoms with E-state index in [2.05, 4.69) is 38.0 Å². The van der Waals surface area contributed by atoms with Gasteiger partial charge in [-0.15, -0.1) is 0 Å².